The number of carbonyl (C=O) groups is 3. The van der Waals surface area contributed by atoms with Crippen LogP contribution >= 0.6 is 11.6 Å². The molecule has 0 aromatic heterocycles. The van der Waals surface area contributed by atoms with Gasteiger partial charge in [0, 0.05) is 12.1 Å². The molecule has 4 amide bonds. The third-order valence-electron chi connectivity index (χ3n) is 3.68. The van der Waals surface area contributed by atoms with Gasteiger partial charge in [0.25, 0.3) is 11.8 Å². The Morgan fingerprint density at radius 3 is 2.71 bits per heavy atom. The Kier molecular flexibility index (Phi) is 2.84. The lowest BCUT2D eigenvalue weighted by atomic mass is 10.0. The van der Waals surface area contributed by atoms with Gasteiger partial charge in [-0.25, -0.2) is 4.79 Å². The van der Waals surface area contributed by atoms with Crippen molar-refractivity contribution in [3.05, 3.63) is 28.3 Å². The molecule has 3 N–H and O–H groups in total. The van der Waals surface area contributed by atoms with E-state index < -0.39 is 17.5 Å². The molecule has 0 aliphatic carbocycles. The number of nitrogens with zero attached hydrogens (tertiary/aromatic N) is 1. The number of urea groups is 1. The zero-order valence-corrected chi connectivity index (χ0v) is 11.8. The maximum atomic E-state index is 12.3. The van der Waals surface area contributed by atoms with Gasteiger partial charge in [0.05, 0.1) is 11.6 Å². The smallest absolute Gasteiger partial charge is 0.322 e. The van der Waals surface area contributed by atoms with Crippen LogP contribution in [0.25, 0.3) is 0 Å². The topological polar surface area (TPSA) is 98.7 Å². The van der Waals surface area contributed by atoms with Gasteiger partial charge in [0.1, 0.15) is 11.3 Å². The average molecular weight is 310 g/mol. The number of hydrogen-bond donors (Lipinski definition) is 3. The van der Waals surface area contributed by atoms with Gasteiger partial charge in [-0.3, -0.25) is 14.9 Å². The summed E-state index contributed by atoms with van der Waals surface area (Å²) in [5, 5.41) is 14.3. The Balaban J connectivity index is 1.85. The first-order chi connectivity index (χ1) is 9.80. The highest BCUT2D eigenvalue weighted by Crippen LogP contribution is 2.33. The average Bonchev–Trinajstić information content (AvgIpc) is 2.80. The standard InChI is InChI=1S/C13H12ClN3O4/c1-13(11(20)15-12(21)16-13)5-17-4-6-2-9(18)8(14)3-7(6)10(17)19/h2-3,18H,4-5H2,1H3,(H2,15,16,20,21). The van der Waals surface area contributed by atoms with Gasteiger partial charge >= 0.3 is 6.03 Å². The minimum absolute atomic E-state index is 0.0382. The fourth-order valence-electron chi connectivity index (χ4n) is 2.58. The SMILES string of the molecule is CC1(CN2Cc3cc(O)c(Cl)cc3C2=O)NC(=O)NC1=O. The van der Waals surface area contributed by atoms with Crippen LogP contribution < -0.4 is 10.6 Å². The normalized spacial score (nSPS) is 24.1. The van der Waals surface area contributed by atoms with Gasteiger partial charge in [-0.15, -0.1) is 0 Å². The highest BCUT2D eigenvalue weighted by molar-refractivity contribution is 6.32. The number of phenols is 1. The number of carbonyl (C=O) groups excluding carboxylic acids is 3. The molecule has 21 heavy (non-hydrogen) atoms. The van der Waals surface area contributed by atoms with E-state index in [1.54, 1.807) is 6.92 Å². The summed E-state index contributed by atoms with van der Waals surface area (Å²) < 4.78 is 0. The molecule has 1 unspecified atom stereocenters. The lowest BCUT2D eigenvalue weighted by Gasteiger charge is -2.26. The van der Waals surface area contributed by atoms with Crippen molar-refractivity contribution in [3.8, 4) is 5.75 Å². The van der Waals surface area contributed by atoms with Crippen LogP contribution in [0.5, 0.6) is 5.75 Å². The minimum Gasteiger partial charge on any atom is -0.506 e. The van der Waals surface area contributed by atoms with Crippen molar-refractivity contribution in [2.45, 2.75) is 19.0 Å². The fraction of sp³-hybridized carbons (Fsp3) is 0.308. The van der Waals surface area contributed by atoms with Crippen molar-refractivity contribution in [1.29, 1.82) is 0 Å². The second-order valence-corrected chi connectivity index (χ2v) is 5.77. The monoisotopic (exact) mass is 309 g/mol. The zero-order valence-electron chi connectivity index (χ0n) is 11.1. The number of halogens is 1. The summed E-state index contributed by atoms with van der Waals surface area (Å²) in [4.78, 5) is 36.8. The summed E-state index contributed by atoms with van der Waals surface area (Å²) in [6.45, 7) is 1.84. The molecular formula is C13H12ClN3O4. The Labute approximate surface area is 124 Å². The molecule has 3 rings (SSSR count). The number of rotatable bonds is 2. The van der Waals surface area contributed by atoms with Crippen molar-refractivity contribution in [2.75, 3.05) is 6.54 Å². The van der Waals surface area contributed by atoms with Crippen LogP contribution in [0.3, 0.4) is 0 Å². The molecule has 0 bridgehead atoms. The first-order valence-electron chi connectivity index (χ1n) is 6.24. The van der Waals surface area contributed by atoms with Crippen molar-refractivity contribution in [1.82, 2.24) is 15.5 Å². The zero-order chi connectivity index (χ0) is 15.4. The van der Waals surface area contributed by atoms with E-state index in [4.69, 9.17) is 11.6 Å². The highest BCUT2D eigenvalue weighted by Gasteiger charge is 2.45. The van der Waals surface area contributed by atoms with Crippen LogP contribution in [0.2, 0.25) is 5.02 Å². The summed E-state index contributed by atoms with van der Waals surface area (Å²) in [5.74, 6) is -0.859. The number of nitrogens with one attached hydrogen (secondary N) is 2. The van der Waals surface area contributed by atoms with E-state index in [0.29, 0.717) is 11.1 Å². The molecule has 110 valence electrons. The van der Waals surface area contributed by atoms with Gasteiger partial charge in [0.15, 0.2) is 0 Å². The summed E-state index contributed by atoms with van der Waals surface area (Å²) in [7, 11) is 0. The van der Waals surface area contributed by atoms with Gasteiger partial charge < -0.3 is 15.3 Å². The first-order valence-corrected chi connectivity index (χ1v) is 6.62. The molecular weight excluding hydrogens is 298 g/mol. The second-order valence-electron chi connectivity index (χ2n) is 5.36. The number of hydrogen-bond acceptors (Lipinski definition) is 4. The van der Waals surface area contributed by atoms with E-state index in [1.807, 2.05) is 0 Å². The van der Waals surface area contributed by atoms with E-state index in [-0.39, 0.29) is 29.8 Å². The molecule has 1 fully saturated rings. The van der Waals surface area contributed by atoms with Crippen LogP contribution in [0.4, 0.5) is 4.79 Å². The number of fused-ring (bicyclic) bond motifs is 1. The number of imide groups is 1. The Hall–Kier alpha value is -2.28. The Bertz CT molecular complexity index is 690. The van der Waals surface area contributed by atoms with E-state index in [2.05, 4.69) is 10.6 Å². The molecule has 0 spiro atoms. The maximum absolute atomic E-state index is 12.3. The van der Waals surface area contributed by atoms with Crippen LogP contribution in [-0.2, 0) is 11.3 Å². The molecule has 2 heterocycles. The Morgan fingerprint density at radius 2 is 2.10 bits per heavy atom. The van der Waals surface area contributed by atoms with Crippen LogP contribution in [0, 0.1) is 0 Å². The van der Waals surface area contributed by atoms with Gasteiger partial charge in [-0.1, -0.05) is 11.6 Å². The second kappa shape index (κ2) is 4.36. The van der Waals surface area contributed by atoms with Crippen molar-refractivity contribution >= 4 is 29.4 Å². The van der Waals surface area contributed by atoms with Crippen LogP contribution in [0.1, 0.15) is 22.8 Å². The minimum atomic E-state index is -1.17. The predicted octanol–water partition coefficient (Wildman–Crippen LogP) is 0.600. The largest absolute Gasteiger partial charge is 0.506 e. The van der Waals surface area contributed by atoms with Crippen molar-refractivity contribution in [2.24, 2.45) is 0 Å². The molecule has 2 aliphatic heterocycles. The fourth-order valence-corrected chi connectivity index (χ4v) is 2.75. The number of aromatic hydroxyl groups is 1. The molecule has 1 atom stereocenters. The highest BCUT2D eigenvalue weighted by atomic mass is 35.5. The van der Waals surface area contributed by atoms with Gasteiger partial charge in [0.2, 0.25) is 0 Å². The lowest BCUT2D eigenvalue weighted by molar-refractivity contribution is -0.123. The lowest BCUT2D eigenvalue weighted by Crippen LogP contribution is -2.52. The van der Waals surface area contributed by atoms with E-state index in [9.17, 15) is 19.5 Å². The van der Waals surface area contributed by atoms with Gasteiger partial charge in [-0.2, -0.15) is 0 Å². The summed E-state index contributed by atoms with van der Waals surface area (Å²) >= 11 is 5.80. The molecule has 2 aliphatic rings. The van der Waals surface area contributed by atoms with E-state index >= 15 is 0 Å². The van der Waals surface area contributed by atoms with Crippen LogP contribution in [0.15, 0.2) is 12.1 Å². The molecule has 0 radical (unpaired) electrons. The van der Waals surface area contributed by atoms with Gasteiger partial charge in [-0.05, 0) is 24.6 Å². The third kappa shape index (κ3) is 2.09. The Morgan fingerprint density at radius 1 is 1.38 bits per heavy atom. The molecule has 8 heteroatoms. The molecule has 7 nitrogen and oxygen atoms in total. The molecule has 1 aromatic carbocycles. The number of phenolic OH excluding ortho intramolecular Hbond substituents is 1. The van der Waals surface area contributed by atoms with E-state index in [0.717, 1.165) is 0 Å². The third-order valence-corrected chi connectivity index (χ3v) is 3.98. The molecule has 1 aromatic rings. The predicted molar refractivity (Wildman–Crippen MR) is 72.9 cm³/mol. The number of benzene rings is 1. The number of amides is 4. The summed E-state index contributed by atoms with van der Waals surface area (Å²) in [6.07, 6.45) is 0. The summed E-state index contributed by atoms with van der Waals surface area (Å²) in [5.41, 5.74) is -0.137. The van der Waals surface area contributed by atoms with E-state index in [1.165, 1.54) is 17.0 Å². The molecule has 1 saturated heterocycles. The maximum Gasteiger partial charge on any atom is 0.322 e. The van der Waals surface area contributed by atoms with Crippen molar-refractivity contribution < 1.29 is 19.5 Å². The van der Waals surface area contributed by atoms with Crippen molar-refractivity contribution in [3.63, 3.8) is 0 Å². The van der Waals surface area contributed by atoms with Crippen LogP contribution in [-0.4, -0.2) is 39.9 Å². The summed E-state index contributed by atoms with van der Waals surface area (Å²) in [6, 6.07) is 2.27. The first kappa shape index (κ1) is 13.7. The quantitative estimate of drug-likeness (QED) is 0.697. The molecule has 0 saturated carbocycles.